The van der Waals surface area contributed by atoms with E-state index >= 15 is 0 Å². The number of aldehydes is 1. The van der Waals surface area contributed by atoms with Crippen LogP contribution >= 0.6 is 11.8 Å². The van der Waals surface area contributed by atoms with Gasteiger partial charge < -0.3 is 4.74 Å². The smallest absolute Gasteiger partial charge is 0.338 e. The van der Waals surface area contributed by atoms with E-state index in [1.54, 1.807) is 30.5 Å². The van der Waals surface area contributed by atoms with Crippen molar-refractivity contribution >= 4 is 24.0 Å². The van der Waals surface area contributed by atoms with Crippen LogP contribution in [0, 0.1) is 0 Å². The maximum Gasteiger partial charge on any atom is 0.338 e. The molecule has 1 aromatic carbocycles. The van der Waals surface area contributed by atoms with Crippen LogP contribution in [0.4, 0.5) is 0 Å². The predicted octanol–water partition coefficient (Wildman–Crippen LogP) is 2.60. The fraction of sp³-hybridized carbons (Fsp3) is 0.133. The first kappa shape index (κ1) is 14.3. The standard InChI is InChI=1S/C15H13NO3S/c17-10-13(11-20-14-8-4-5-9-16-14)19-15(18)12-6-2-1-3-7-12/h1-10,13H,11H2. The zero-order valence-electron chi connectivity index (χ0n) is 10.6. The fourth-order valence-electron chi connectivity index (χ4n) is 1.48. The zero-order valence-corrected chi connectivity index (χ0v) is 11.5. The van der Waals surface area contributed by atoms with Crippen LogP contribution in [0.1, 0.15) is 10.4 Å². The van der Waals surface area contributed by atoms with E-state index in [1.807, 2.05) is 24.3 Å². The number of benzene rings is 1. The van der Waals surface area contributed by atoms with Crippen molar-refractivity contribution in [1.29, 1.82) is 0 Å². The van der Waals surface area contributed by atoms with E-state index in [2.05, 4.69) is 4.98 Å². The first-order chi connectivity index (χ1) is 9.79. The number of nitrogens with zero attached hydrogens (tertiary/aromatic N) is 1. The predicted molar refractivity (Wildman–Crippen MR) is 76.7 cm³/mol. The highest BCUT2D eigenvalue weighted by molar-refractivity contribution is 7.99. The van der Waals surface area contributed by atoms with E-state index in [0.29, 0.717) is 17.6 Å². The Kier molecular flexibility index (Phi) is 5.32. The summed E-state index contributed by atoms with van der Waals surface area (Å²) in [6, 6.07) is 14.1. The lowest BCUT2D eigenvalue weighted by molar-refractivity contribution is -0.114. The Labute approximate surface area is 121 Å². The Morgan fingerprint density at radius 3 is 2.60 bits per heavy atom. The molecule has 0 spiro atoms. The monoisotopic (exact) mass is 287 g/mol. The minimum atomic E-state index is -0.783. The number of pyridine rings is 1. The number of aromatic nitrogens is 1. The summed E-state index contributed by atoms with van der Waals surface area (Å²) in [6.45, 7) is 0. The van der Waals surface area contributed by atoms with E-state index < -0.39 is 12.1 Å². The van der Waals surface area contributed by atoms with Crippen molar-refractivity contribution in [1.82, 2.24) is 4.98 Å². The van der Waals surface area contributed by atoms with Gasteiger partial charge in [0.1, 0.15) is 0 Å². The summed E-state index contributed by atoms with van der Waals surface area (Å²) in [6.07, 6.45) is 1.53. The number of hydrogen-bond acceptors (Lipinski definition) is 5. The minimum Gasteiger partial charge on any atom is -0.450 e. The van der Waals surface area contributed by atoms with Crippen LogP contribution in [0.5, 0.6) is 0 Å². The molecular formula is C15H13NO3S. The number of hydrogen-bond donors (Lipinski definition) is 0. The molecule has 0 aliphatic rings. The molecule has 5 heteroatoms. The molecule has 2 aromatic rings. The van der Waals surface area contributed by atoms with Crippen molar-refractivity contribution in [2.24, 2.45) is 0 Å². The molecule has 0 aliphatic heterocycles. The van der Waals surface area contributed by atoms with Gasteiger partial charge >= 0.3 is 5.97 Å². The molecule has 0 fully saturated rings. The molecular weight excluding hydrogens is 274 g/mol. The molecule has 0 amide bonds. The Bertz CT molecular complexity index is 560. The quantitative estimate of drug-likeness (QED) is 0.464. The molecule has 0 saturated heterocycles. The Morgan fingerprint density at radius 2 is 1.95 bits per heavy atom. The van der Waals surface area contributed by atoms with Crippen molar-refractivity contribution in [2.45, 2.75) is 11.1 Å². The zero-order chi connectivity index (χ0) is 14.2. The highest BCUT2D eigenvalue weighted by Crippen LogP contribution is 2.16. The van der Waals surface area contributed by atoms with Gasteiger partial charge in [-0.2, -0.15) is 0 Å². The largest absolute Gasteiger partial charge is 0.450 e. The number of carbonyl (C=O) groups is 2. The minimum absolute atomic E-state index is 0.346. The van der Waals surface area contributed by atoms with Crippen LogP contribution in [-0.4, -0.2) is 29.1 Å². The van der Waals surface area contributed by atoms with Gasteiger partial charge in [0.2, 0.25) is 0 Å². The molecule has 4 nitrogen and oxygen atoms in total. The third-order valence-electron chi connectivity index (χ3n) is 2.45. The number of thioether (sulfide) groups is 1. The van der Waals surface area contributed by atoms with Crippen LogP contribution in [0.15, 0.2) is 59.8 Å². The molecule has 2 rings (SSSR count). The van der Waals surface area contributed by atoms with E-state index in [1.165, 1.54) is 11.8 Å². The maximum atomic E-state index is 11.8. The average molecular weight is 287 g/mol. The van der Waals surface area contributed by atoms with Gasteiger partial charge in [-0.05, 0) is 24.3 Å². The van der Waals surface area contributed by atoms with E-state index in [4.69, 9.17) is 4.74 Å². The lowest BCUT2D eigenvalue weighted by atomic mass is 10.2. The molecule has 1 aromatic heterocycles. The van der Waals surface area contributed by atoms with Gasteiger partial charge in [0.05, 0.1) is 10.6 Å². The SMILES string of the molecule is O=CC(CSc1ccccn1)OC(=O)c1ccccc1. The van der Waals surface area contributed by atoms with Gasteiger partial charge in [-0.1, -0.05) is 24.3 Å². The van der Waals surface area contributed by atoms with E-state index in [-0.39, 0.29) is 0 Å². The van der Waals surface area contributed by atoms with Crippen LogP contribution in [0.25, 0.3) is 0 Å². The average Bonchev–Trinajstić information content (AvgIpc) is 2.53. The van der Waals surface area contributed by atoms with Crippen molar-refractivity contribution in [3.63, 3.8) is 0 Å². The van der Waals surface area contributed by atoms with Crippen LogP contribution < -0.4 is 0 Å². The van der Waals surface area contributed by atoms with E-state index in [0.717, 1.165) is 5.03 Å². The fourth-order valence-corrected chi connectivity index (χ4v) is 2.27. The second-order valence-electron chi connectivity index (χ2n) is 3.92. The van der Waals surface area contributed by atoms with Gasteiger partial charge in [0.25, 0.3) is 0 Å². The van der Waals surface area contributed by atoms with Crippen LogP contribution in [0.2, 0.25) is 0 Å². The van der Waals surface area contributed by atoms with Gasteiger partial charge in [-0.15, -0.1) is 11.8 Å². The number of esters is 1. The highest BCUT2D eigenvalue weighted by Gasteiger charge is 2.15. The summed E-state index contributed by atoms with van der Waals surface area (Å²) in [5, 5.41) is 0.787. The molecule has 0 radical (unpaired) electrons. The van der Waals surface area contributed by atoms with Crippen molar-refractivity contribution < 1.29 is 14.3 Å². The van der Waals surface area contributed by atoms with Crippen molar-refractivity contribution in [3.8, 4) is 0 Å². The normalized spacial score (nSPS) is 11.6. The Hall–Kier alpha value is -2.14. The summed E-state index contributed by atoms with van der Waals surface area (Å²) in [7, 11) is 0. The molecule has 1 heterocycles. The first-order valence-corrected chi connectivity index (χ1v) is 7.03. The summed E-state index contributed by atoms with van der Waals surface area (Å²) in [5.41, 5.74) is 0.433. The molecule has 1 atom stereocenters. The molecule has 20 heavy (non-hydrogen) atoms. The van der Waals surface area contributed by atoms with Crippen molar-refractivity contribution in [3.05, 3.63) is 60.3 Å². The number of ether oxygens (including phenoxy) is 1. The summed E-state index contributed by atoms with van der Waals surface area (Å²) < 4.78 is 5.15. The van der Waals surface area contributed by atoms with Gasteiger partial charge in [-0.3, -0.25) is 4.79 Å². The van der Waals surface area contributed by atoms with Crippen LogP contribution in [0.3, 0.4) is 0 Å². The molecule has 0 N–H and O–H groups in total. The lowest BCUT2D eigenvalue weighted by Gasteiger charge is -2.11. The lowest BCUT2D eigenvalue weighted by Crippen LogP contribution is -2.22. The highest BCUT2D eigenvalue weighted by atomic mass is 32.2. The summed E-state index contributed by atoms with van der Waals surface area (Å²) >= 11 is 1.37. The number of carbonyl (C=O) groups excluding carboxylic acids is 2. The molecule has 102 valence electrons. The Balaban J connectivity index is 1.89. The van der Waals surface area contributed by atoms with Gasteiger partial charge in [0, 0.05) is 11.9 Å². The second kappa shape index (κ2) is 7.45. The van der Waals surface area contributed by atoms with Crippen LogP contribution in [-0.2, 0) is 9.53 Å². The van der Waals surface area contributed by atoms with Crippen molar-refractivity contribution in [2.75, 3.05) is 5.75 Å². The third kappa shape index (κ3) is 4.20. The maximum absolute atomic E-state index is 11.8. The Morgan fingerprint density at radius 1 is 1.20 bits per heavy atom. The second-order valence-corrected chi connectivity index (χ2v) is 4.97. The third-order valence-corrected chi connectivity index (χ3v) is 3.49. The molecule has 0 aliphatic carbocycles. The molecule has 0 saturated carbocycles. The number of rotatable bonds is 6. The summed E-state index contributed by atoms with van der Waals surface area (Å²) in [4.78, 5) is 26.9. The van der Waals surface area contributed by atoms with Gasteiger partial charge in [0.15, 0.2) is 12.4 Å². The van der Waals surface area contributed by atoms with Gasteiger partial charge in [-0.25, -0.2) is 9.78 Å². The molecule has 1 unspecified atom stereocenters. The summed E-state index contributed by atoms with van der Waals surface area (Å²) in [5.74, 6) is -0.150. The van der Waals surface area contributed by atoms with E-state index in [9.17, 15) is 9.59 Å². The topological polar surface area (TPSA) is 56.3 Å². The molecule has 0 bridgehead atoms. The first-order valence-electron chi connectivity index (χ1n) is 6.05.